The molecule has 0 saturated carbocycles. The third-order valence-corrected chi connectivity index (χ3v) is 7.46. The number of halogens is 1. The number of para-hydroxylation sites is 1. The predicted molar refractivity (Wildman–Crippen MR) is 135 cm³/mol. The lowest BCUT2D eigenvalue weighted by Gasteiger charge is -2.40. The van der Waals surface area contributed by atoms with Crippen LogP contribution < -0.4 is 5.73 Å². The van der Waals surface area contributed by atoms with E-state index in [1.807, 2.05) is 12.3 Å². The Morgan fingerprint density at radius 2 is 1.71 bits per heavy atom. The van der Waals surface area contributed by atoms with Crippen molar-refractivity contribution in [1.29, 1.82) is 0 Å². The molecule has 182 valence electrons. The molecule has 0 amide bonds. The number of hydrogen-bond donors (Lipinski definition) is 1. The van der Waals surface area contributed by atoms with E-state index in [4.69, 9.17) is 15.5 Å². The number of nitrogen functional groups attached to an aromatic ring is 1. The highest BCUT2D eigenvalue weighted by molar-refractivity contribution is 5.92. The van der Waals surface area contributed by atoms with E-state index in [9.17, 15) is 4.39 Å². The van der Waals surface area contributed by atoms with Gasteiger partial charge in [-0.15, -0.1) is 0 Å². The van der Waals surface area contributed by atoms with E-state index in [0.29, 0.717) is 23.5 Å². The second-order valence-electron chi connectivity index (χ2n) is 9.63. The summed E-state index contributed by atoms with van der Waals surface area (Å²) in [5.41, 5.74) is 10.5. The van der Waals surface area contributed by atoms with Gasteiger partial charge in [0.1, 0.15) is 17.0 Å². The maximum Gasteiger partial charge on any atom is 0.206 e. The first-order valence-corrected chi connectivity index (χ1v) is 12.5. The maximum absolute atomic E-state index is 14.3. The highest BCUT2D eigenvalue weighted by Gasteiger charge is 2.26. The minimum atomic E-state index is -0.385. The third kappa shape index (κ3) is 4.49. The van der Waals surface area contributed by atoms with Crippen LogP contribution in [-0.2, 0) is 17.7 Å². The van der Waals surface area contributed by atoms with Crippen molar-refractivity contribution in [1.82, 2.24) is 24.2 Å². The van der Waals surface area contributed by atoms with Crippen molar-refractivity contribution in [3.05, 3.63) is 71.3 Å². The van der Waals surface area contributed by atoms with E-state index in [1.54, 1.807) is 10.5 Å². The largest absolute Gasteiger partial charge is 0.379 e. The molecule has 2 saturated heterocycles. The molecule has 35 heavy (non-hydrogen) atoms. The number of nitrogens with zero attached hydrogens (tertiary/aromatic N) is 5. The van der Waals surface area contributed by atoms with Crippen molar-refractivity contribution in [2.75, 3.05) is 45.1 Å². The molecule has 0 aliphatic carbocycles. The Labute approximate surface area is 204 Å². The van der Waals surface area contributed by atoms with Gasteiger partial charge in [-0.25, -0.2) is 14.4 Å². The zero-order valence-corrected chi connectivity index (χ0v) is 19.9. The minimum Gasteiger partial charge on any atom is -0.379 e. The Hall–Kier alpha value is -3.07. The first-order chi connectivity index (χ1) is 17.2. The van der Waals surface area contributed by atoms with Crippen LogP contribution >= 0.6 is 0 Å². The van der Waals surface area contributed by atoms with Gasteiger partial charge in [0.25, 0.3) is 0 Å². The maximum atomic E-state index is 14.3. The molecular weight excluding hydrogens is 443 g/mol. The Morgan fingerprint density at radius 1 is 0.943 bits per heavy atom. The molecule has 8 heteroatoms. The monoisotopic (exact) mass is 474 g/mol. The molecular formula is C27H31FN6O. The van der Waals surface area contributed by atoms with E-state index in [0.717, 1.165) is 51.6 Å². The van der Waals surface area contributed by atoms with E-state index >= 15 is 0 Å². The van der Waals surface area contributed by atoms with Crippen LogP contribution in [0.3, 0.4) is 0 Å². The number of imidazole rings is 1. The van der Waals surface area contributed by atoms with Crippen LogP contribution in [0.1, 0.15) is 29.7 Å². The summed E-state index contributed by atoms with van der Waals surface area (Å²) >= 11 is 0. The fraction of sp³-hybridized carbons (Fsp3) is 0.407. The number of morpholine rings is 1. The Bertz CT molecular complexity index is 1340. The molecule has 0 spiro atoms. The highest BCUT2D eigenvalue weighted by atomic mass is 19.1. The van der Waals surface area contributed by atoms with Gasteiger partial charge < -0.3 is 10.5 Å². The quantitative estimate of drug-likeness (QED) is 0.478. The number of piperidine rings is 1. The van der Waals surface area contributed by atoms with Gasteiger partial charge in [0.05, 0.1) is 18.9 Å². The van der Waals surface area contributed by atoms with Crippen molar-refractivity contribution in [2.45, 2.75) is 31.8 Å². The molecule has 0 radical (unpaired) electrons. The summed E-state index contributed by atoms with van der Waals surface area (Å²) in [6, 6.07) is 14.2. The number of aromatic nitrogens is 3. The zero-order chi connectivity index (χ0) is 23.8. The molecule has 4 heterocycles. The first kappa shape index (κ1) is 22.4. The normalized spacial score (nSPS) is 18.5. The molecule has 2 aliphatic rings. The van der Waals surface area contributed by atoms with Gasteiger partial charge >= 0.3 is 0 Å². The molecule has 0 bridgehead atoms. The highest BCUT2D eigenvalue weighted by Crippen LogP contribution is 2.25. The summed E-state index contributed by atoms with van der Waals surface area (Å²) in [7, 11) is 0. The van der Waals surface area contributed by atoms with Gasteiger partial charge in [0, 0.05) is 43.7 Å². The lowest BCUT2D eigenvalue weighted by Crippen LogP contribution is -2.48. The van der Waals surface area contributed by atoms with Gasteiger partial charge in [0.15, 0.2) is 0 Å². The molecule has 2 N–H and O–H groups in total. The fourth-order valence-corrected chi connectivity index (χ4v) is 5.56. The lowest BCUT2D eigenvalue weighted by molar-refractivity contribution is 0.000213. The van der Waals surface area contributed by atoms with Crippen LogP contribution in [0, 0.1) is 5.82 Å². The van der Waals surface area contributed by atoms with E-state index in [1.165, 1.54) is 30.0 Å². The van der Waals surface area contributed by atoms with E-state index in [-0.39, 0.29) is 17.3 Å². The van der Waals surface area contributed by atoms with Crippen molar-refractivity contribution >= 4 is 22.5 Å². The van der Waals surface area contributed by atoms with Crippen molar-refractivity contribution in [2.24, 2.45) is 0 Å². The Balaban J connectivity index is 1.19. The second kappa shape index (κ2) is 9.53. The van der Waals surface area contributed by atoms with Gasteiger partial charge in [0.2, 0.25) is 5.95 Å². The molecule has 6 rings (SSSR count). The third-order valence-electron chi connectivity index (χ3n) is 7.46. The number of fused-ring (bicyclic) bond motifs is 3. The number of anilines is 1. The molecule has 7 nitrogen and oxygen atoms in total. The standard InChI is InChI=1S/C27H31FN6O/c28-24-7-3-6-23-25(24)31-27(29)34-18-21(30-26(23)34)16-19-4-1-2-5-20(19)17-32-10-8-22(9-11-32)33-12-14-35-15-13-33/h1-7,18,22H,8-17H2,(H2,29,31). The topological polar surface area (TPSA) is 71.9 Å². The average molecular weight is 475 g/mol. The van der Waals surface area contributed by atoms with Crippen molar-refractivity contribution in [3.8, 4) is 0 Å². The van der Waals surface area contributed by atoms with Crippen molar-refractivity contribution in [3.63, 3.8) is 0 Å². The average Bonchev–Trinajstić information content (AvgIpc) is 3.32. The lowest BCUT2D eigenvalue weighted by atomic mass is 9.99. The molecule has 2 aromatic carbocycles. The Kier molecular flexibility index (Phi) is 6.10. The smallest absolute Gasteiger partial charge is 0.206 e. The number of benzene rings is 2. The molecule has 2 fully saturated rings. The van der Waals surface area contributed by atoms with Crippen LogP contribution in [0.25, 0.3) is 16.6 Å². The number of ether oxygens (including phenoxy) is 1. The summed E-state index contributed by atoms with van der Waals surface area (Å²) in [6.07, 6.45) is 5.04. The first-order valence-electron chi connectivity index (χ1n) is 12.5. The number of rotatable bonds is 5. The number of nitrogens with two attached hydrogens (primary N) is 1. The number of likely N-dealkylation sites (tertiary alicyclic amines) is 1. The SMILES string of the molecule is Nc1nc2c(F)cccc2c2nc(Cc3ccccc3CN3CCC(N4CCOCC4)CC3)cn12. The molecule has 4 aromatic rings. The number of hydrogen-bond acceptors (Lipinski definition) is 6. The summed E-state index contributed by atoms with van der Waals surface area (Å²) in [5, 5.41) is 0.668. The summed E-state index contributed by atoms with van der Waals surface area (Å²) in [4.78, 5) is 14.3. The van der Waals surface area contributed by atoms with Crippen LogP contribution in [0.15, 0.2) is 48.7 Å². The Morgan fingerprint density at radius 3 is 2.51 bits per heavy atom. The summed E-state index contributed by atoms with van der Waals surface area (Å²) < 4.78 is 21.6. The zero-order valence-electron chi connectivity index (χ0n) is 19.9. The molecule has 2 aliphatic heterocycles. The second-order valence-corrected chi connectivity index (χ2v) is 9.63. The van der Waals surface area contributed by atoms with Gasteiger partial charge in [-0.1, -0.05) is 30.3 Å². The van der Waals surface area contributed by atoms with Gasteiger partial charge in [-0.3, -0.25) is 14.2 Å². The van der Waals surface area contributed by atoms with Crippen LogP contribution in [-0.4, -0.2) is 69.6 Å². The fourth-order valence-electron chi connectivity index (χ4n) is 5.56. The molecule has 0 unspecified atom stereocenters. The van der Waals surface area contributed by atoms with Crippen LogP contribution in [0.4, 0.5) is 10.3 Å². The minimum absolute atomic E-state index is 0.243. The summed E-state index contributed by atoms with van der Waals surface area (Å²) in [5.74, 6) is -0.142. The van der Waals surface area contributed by atoms with Gasteiger partial charge in [-0.05, 0) is 49.2 Å². The van der Waals surface area contributed by atoms with Crippen molar-refractivity contribution < 1.29 is 9.13 Å². The van der Waals surface area contributed by atoms with E-state index in [2.05, 4.69) is 39.0 Å². The molecule has 0 atom stereocenters. The summed E-state index contributed by atoms with van der Waals surface area (Å²) in [6.45, 7) is 7.03. The van der Waals surface area contributed by atoms with Crippen LogP contribution in [0.5, 0.6) is 0 Å². The van der Waals surface area contributed by atoms with Gasteiger partial charge in [-0.2, -0.15) is 0 Å². The molecule has 2 aromatic heterocycles. The van der Waals surface area contributed by atoms with E-state index < -0.39 is 0 Å². The predicted octanol–water partition coefficient (Wildman–Crippen LogP) is 3.49. The van der Waals surface area contributed by atoms with Crippen LogP contribution in [0.2, 0.25) is 0 Å².